The lowest BCUT2D eigenvalue weighted by Gasteiger charge is -2.04. The summed E-state index contributed by atoms with van der Waals surface area (Å²) >= 11 is 3.26. The summed E-state index contributed by atoms with van der Waals surface area (Å²) < 4.78 is 10.5. The van der Waals surface area contributed by atoms with Gasteiger partial charge in [-0.15, -0.1) is 0 Å². The second-order valence-corrected chi connectivity index (χ2v) is 4.43. The first-order valence-corrected chi connectivity index (χ1v) is 5.94. The summed E-state index contributed by atoms with van der Waals surface area (Å²) in [6, 6.07) is 7.16. The van der Waals surface area contributed by atoms with Gasteiger partial charge in [-0.2, -0.15) is 0 Å². The highest BCUT2D eigenvalue weighted by Gasteiger charge is 2.19. The number of carbonyl (C=O) groups is 1. The second-order valence-electron chi connectivity index (χ2n) is 3.57. The average molecular weight is 326 g/mol. The van der Waals surface area contributed by atoms with Gasteiger partial charge >= 0.3 is 5.88 Å². The molecule has 0 atom stereocenters. The molecule has 19 heavy (non-hydrogen) atoms. The number of hydrogen-bond acceptors (Lipinski definition) is 5. The van der Waals surface area contributed by atoms with Gasteiger partial charge in [-0.3, -0.25) is 14.9 Å². The second kappa shape index (κ2) is 5.23. The molecule has 2 aromatic rings. The van der Waals surface area contributed by atoms with Gasteiger partial charge in [0.25, 0.3) is 0 Å². The van der Waals surface area contributed by atoms with Gasteiger partial charge in [0.05, 0.1) is 17.6 Å². The molecular formula is C12H8BrNO5. The van der Waals surface area contributed by atoms with Crippen LogP contribution >= 0.6 is 15.9 Å². The van der Waals surface area contributed by atoms with E-state index in [1.54, 1.807) is 18.2 Å². The fourth-order valence-corrected chi connectivity index (χ4v) is 2.04. The Labute approximate surface area is 116 Å². The number of carbonyl (C=O) groups excluding carboxylic acids is 1. The van der Waals surface area contributed by atoms with Crippen LogP contribution in [0.25, 0.3) is 0 Å². The zero-order chi connectivity index (χ0) is 14.0. The van der Waals surface area contributed by atoms with Crippen molar-refractivity contribution in [1.29, 1.82) is 0 Å². The van der Waals surface area contributed by atoms with Gasteiger partial charge in [-0.1, -0.05) is 0 Å². The van der Waals surface area contributed by atoms with Crippen LogP contribution in [0.4, 0.5) is 5.88 Å². The highest BCUT2D eigenvalue weighted by molar-refractivity contribution is 9.10. The summed E-state index contributed by atoms with van der Waals surface area (Å²) in [5.74, 6) is -0.391. The van der Waals surface area contributed by atoms with E-state index in [9.17, 15) is 14.9 Å². The maximum absolute atomic E-state index is 12.1. The summed E-state index contributed by atoms with van der Waals surface area (Å²) in [5, 5.41) is 10.5. The molecule has 0 aliphatic heterocycles. The third kappa shape index (κ3) is 2.65. The number of halogens is 1. The average Bonchev–Trinajstić information content (AvgIpc) is 2.87. The number of nitro groups is 1. The summed E-state index contributed by atoms with van der Waals surface area (Å²) in [7, 11) is 1.51. The van der Waals surface area contributed by atoms with Crippen molar-refractivity contribution in [3.8, 4) is 5.75 Å². The zero-order valence-corrected chi connectivity index (χ0v) is 11.3. The number of furan rings is 1. The normalized spacial score (nSPS) is 10.2. The molecule has 0 unspecified atom stereocenters. The molecule has 0 amide bonds. The van der Waals surface area contributed by atoms with Crippen molar-refractivity contribution in [2.45, 2.75) is 0 Å². The molecule has 0 radical (unpaired) electrons. The fourth-order valence-electron chi connectivity index (χ4n) is 1.50. The van der Waals surface area contributed by atoms with Crippen LogP contribution in [-0.2, 0) is 0 Å². The largest absolute Gasteiger partial charge is 0.496 e. The summed E-state index contributed by atoms with van der Waals surface area (Å²) in [5.41, 5.74) is 0.344. The Bertz CT molecular complexity index is 649. The van der Waals surface area contributed by atoms with Crippen molar-refractivity contribution >= 4 is 27.6 Å². The lowest BCUT2D eigenvalue weighted by molar-refractivity contribution is -0.402. The molecule has 0 aliphatic carbocycles. The minimum absolute atomic E-state index is 0.0798. The summed E-state index contributed by atoms with van der Waals surface area (Å²) in [4.78, 5) is 21.8. The number of methoxy groups -OCH3 is 1. The van der Waals surface area contributed by atoms with Crippen LogP contribution < -0.4 is 4.74 Å². The van der Waals surface area contributed by atoms with Crippen LogP contribution in [0.5, 0.6) is 5.75 Å². The first-order valence-electron chi connectivity index (χ1n) is 5.15. The van der Waals surface area contributed by atoms with Gasteiger partial charge in [0.1, 0.15) is 10.7 Å². The van der Waals surface area contributed by atoms with Gasteiger partial charge in [-0.05, 0) is 40.2 Å². The number of benzene rings is 1. The smallest absolute Gasteiger partial charge is 0.433 e. The highest BCUT2D eigenvalue weighted by atomic mass is 79.9. The molecule has 1 aromatic heterocycles. The van der Waals surface area contributed by atoms with E-state index >= 15 is 0 Å². The summed E-state index contributed by atoms with van der Waals surface area (Å²) in [6.45, 7) is 0. The molecule has 0 saturated carbocycles. The van der Waals surface area contributed by atoms with E-state index < -0.39 is 16.6 Å². The van der Waals surface area contributed by atoms with E-state index in [0.717, 1.165) is 6.07 Å². The molecule has 98 valence electrons. The van der Waals surface area contributed by atoms with Gasteiger partial charge in [0.15, 0.2) is 5.76 Å². The minimum Gasteiger partial charge on any atom is -0.496 e. The molecule has 0 aliphatic rings. The molecule has 1 heterocycles. The van der Waals surface area contributed by atoms with Crippen molar-refractivity contribution < 1.29 is 18.9 Å². The van der Waals surface area contributed by atoms with Gasteiger partial charge < -0.3 is 9.15 Å². The zero-order valence-electron chi connectivity index (χ0n) is 9.75. The van der Waals surface area contributed by atoms with Crippen LogP contribution in [-0.4, -0.2) is 17.8 Å². The molecule has 0 saturated heterocycles. The van der Waals surface area contributed by atoms with Gasteiger partial charge in [0, 0.05) is 5.56 Å². The van der Waals surface area contributed by atoms with Crippen molar-refractivity contribution in [3.63, 3.8) is 0 Å². The Hall–Kier alpha value is -2.15. The Morgan fingerprint density at radius 2 is 2.11 bits per heavy atom. The van der Waals surface area contributed by atoms with E-state index in [1.807, 2.05) is 0 Å². The topological polar surface area (TPSA) is 82.6 Å². The maximum atomic E-state index is 12.1. The predicted octanol–water partition coefficient (Wildman–Crippen LogP) is 3.19. The molecule has 0 spiro atoms. The first-order chi connectivity index (χ1) is 9.02. The molecule has 6 nitrogen and oxygen atoms in total. The third-order valence-corrected chi connectivity index (χ3v) is 3.03. The molecule has 0 bridgehead atoms. The number of rotatable bonds is 4. The molecular weight excluding hydrogens is 318 g/mol. The molecule has 7 heteroatoms. The standard InChI is InChI=1S/C12H8BrNO5/c1-18-9-3-2-7(6-8(9)13)12(15)10-4-5-11(19-10)14(16)17/h2-6H,1H3. The number of ether oxygens (including phenoxy) is 1. The van der Waals surface area contributed by atoms with E-state index in [2.05, 4.69) is 15.9 Å². The Kier molecular flexibility index (Phi) is 3.66. The number of ketones is 1. The molecule has 1 aromatic carbocycles. The van der Waals surface area contributed by atoms with E-state index in [0.29, 0.717) is 15.8 Å². The van der Waals surface area contributed by atoms with Crippen LogP contribution in [0.1, 0.15) is 16.1 Å². The lowest BCUT2D eigenvalue weighted by atomic mass is 10.1. The number of hydrogen-bond donors (Lipinski definition) is 0. The Morgan fingerprint density at radius 3 is 2.63 bits per heavy atom. The van der Waals surface area contributed by atoms with Gasteiger partial charge in [-0.25, -0.2) is 0 Å². The van der Waals surface area contributed by atoms with E-state index in [1.165, 1.54) is 13.2 Å². The molecule has 0 fully saturated rings. The molecule has 0 N–H and O–H groups in total. The van der Waals surface area contributed by atoms with Crippen molar-refractivity contribution in [3.05, 3.63) is 56.2 Å². The van der Waals surface area contributed by atoms with E-state index in [4.69, 9.17) is 9.15 Å². The Balaban J connectivity index is 2.33. The highest BCUT2D eigenvalue weighted by Crippen LogP contribution is 2.27. The summed E-state index contributed by atoms with van der Waals surface area (Å²) in [6.07, 6.45) is 0. The number of nitrogens with zero attached hydrogens (tertiary/aromatic N) is 1. The predicted molar refractivity (Wildman–Crippen MR) is 69.5 cm³/mol. The molecule has 2 rings (SSSR count). The maximum Gasteiger partial charge on any atom is 0.433 e. The minimum atomic E-state index is -0.694. The lowest BCUT2D eigenvalue weighted by Crippen LogP contribution is -2.00. The van der Waals surface area contributed by atoms with Crippen LogP contribution in [0.3, 0.4) is 0 Å². The van der Waals surface area contributed by atoms with Crippen LogP contribution in [0.2, 0.25) is 0 Å². The van der Waals surface area contributed by atoms with Crippen LogP contribution in [0.15, 0.2) is 39.2 Å². The van der Waals surface area contributed by atoms with Gasteiger partial charge in [0.2, 0.25) is 5.78 Å². The third-order valence-electron chi connectivity index (χ3n) is 2.41. The van der Waals surface area contributed by atoms with Crippen molar-refractivity contribution in [1.82, 2.24) is 0 Å². The quantitative estimate of drug-likeness (QED) is 0.489. The van der Waals surface area contributed by atoms with Crippen molar-refractivity contribution in [2.75, 3.05) is 7.11 Å². The SMILES string of the molecule is COc1ccc(C(=O)c2ccc([N+](=O)[O-])o2)cc1Br. The van der Waals surface area contributed by atoms with Crippen molar-refractivity contribution in [2.24, 2.45) is 0 Å². The monoisotopic (exact) mass is 325 g/mol. The van der Waals surface area contributed by atoms with Crippen LogP contribution in [0, 0.1) is 10.1 Å². The Morgan fingerprint density at radius 1 is 1.37 bits per heavy atom. The first kappa shape index (κ1) is 13.3. The van der Waals surface area contributed by atoms with E-state index in [-0.39, 0.29) is 5.76 Å². The fraction of sp³-hybridized carbons (Fsp3) is 0.0833.